The number of aromatic nitrogens is 1. The normalized spacial score (nSPS) is 12.0. The van der Waals surface area contributed by atoms with Crippen molar-refractivity contribution < 1.29 is 4.79 Å². The zero-order chi connectivity index (χ0) is 17.5. The van der Waals surface area contributed by atoms with E-state index in [1.807, 2.05) is 25.1 Å². The highest BCUT2D eigenvalue weighted by Crippen LogP contribution is 2.24. The molecule has 0 aliphatic rings. The second-order valence-corrected chi connectivity index (χ2v) is 7.30. The number of thiazole rings is 1. The summed E-state index contributed by atoms with van der Waals surface area (Å²) in [6.45, 7) is 9.53. The molecule has 2 rings (SSSR count). The monoisotopic (exact) mass is 345 g/mol. The molecule has 4 nitrogen and oxygen atoms in total. The summed E-state index contributed by atoms with van der Waals surface area (Å²) in [4.78, 5) is 18.4. The molecular weight excluding hydrogens is 318 g/mol. The first-order valence-electron chi connectivity index (χ1n) is 8.54. The highest BCUT2D eigenvalue weighted by molar-refractivity contribution is 7.15. The summed E-state index contributed by atoms with van der Waals surface area (Å²) in [6.07, 6.45) is 2.08. The third-order valence-corrected chi connectivity index (χ3v) is 5.23. The predicted octanol–water partition coefficient (Wildman–Crippen LogP) is 4.18. The standard InChI is InChI=1S/C19H27N3OS/c1-5-6-11-20-18(23)17(16-10-8-7-9-13(16)2)12-21-19-22-14(3)15(4)24-19/h7-10,17H,5-6,11-12H2,1-4H3,(H,20,23)(H,21,22). The summed E-state index contributed by atoms with van der Waals surface area (Å²) >= 11 is 1.64. The molecule has 1 atom stereocenters. The van der Waals surface area contributed by atoms with Gasteiger partial charge in [-0.1, -0.05) is 37.6 Å². The summed E-state index contributed by atoms with van der Waals surface area (Å²) < 4.78 is 0. The number of amides is 1. The van der Waals surface area contributed by atoms with Gasteiger partial charge in [0, 0.05) is 18.0 Å². The Bertz CT molecular complexity index is 662. The molecule has 0 saturated carbocycles. The number of unbranched alkanes of at least 4 members (excludes halogenated alkanes) is 1. The van der Waals surface area contributed by atoms with E-state index in [4.69, 9.17) is 0 Å². The van der Waals surface area contributed by atoms with Gasteiger partial charge in [-0.3, -0.25) is 4.79 Å². The first-order valence-corrected chi connectivity index (χ1v) is 9.35. The maximum Gasteiger partial charge on any atom is 0.229 e. The lowest BCUT2D eigenvalue weighted by Gasteiger charge is -2.19. The van der Waals surface area contributed by atoms with Crippen molar-refractivity contribution in [2.24, 2.45) is 0 Å². The van der Waals surface area contributed by atoms with Crippen LogP contribution in [0.5, 0.6) is 0 Å². The maximum absolute atomic E-state index is 12.7. The van der Waals surface area contributed by atoms with Crippen molar-refractivity contribution in [1.82, 2.24) is 10.3 Å². The predicted molar refractivity (Wildman–Crippen MR) is 102 cm³/mol. The number of nitrogens with one attached hydrogen (secondary N) is 2. The fraction of sp³-hybridized carbons (Fsp3) is 0.474. The van der Waals surface area contributed by atoms with E-state index < -0.39 is 0 Å². The molecule has 0 bridgehead atoms. The molecule has 0 saturated heterocycles. The number of anilines is 1. The van der Waals surface area contributed by atoms with Crippen LogP contribution in [0.15, 0.2) is 24.3 Å². The Morgan fingerprint density at radius 3 is 2.62 bits per heavy atom. The Hall–Kier alpha value is -1.88. The van der Waals surface area contributed by atoms with E-state index in [1.54, 1.807) is 11.3 Å². The smallest absolute Gasteiger partial charge is 0.229 e. The minimum absolute atomic E-state index is 0.0789. The molecule has 1 amide bonds. The summed E-state index contributed by atoms with van der Waals surface area (Å²) in [5.41, 5.74) is 3.26. The van der Waals surface area contributed by atoms with Gasteiger partial charge < -0.3 is 10.6 Å². The van der Waals surface area contributed by atoms with Gasteiger partial charge in [-0.25, -0.2) is 4.98 Å². The van der Waals surface area contributed by atoms with Gasteiger partial charge in [-0.2, -0.15) is 0 Å². The van der Waals surface area contributed by atoms with Crippen molar-refractivity contribution in [2.75, 3.05) is 18.4 Å². The van der Waals surface area contributed by atoms with Gasteiger partial charge in [0.05, 0.1) is 11.6 Å². The second-order valence-electron chi connectivity index (χ2n) is 6.10. The van der Waals surface area contributed by atoms with E-state index in [-0.39, 0.29) is 11.8 Å². The molecule has 1 heterocycles. The van der Waals surface area contributed by atoms with Crippen LogP contribution >= 0.6 is 11.3 Å². The van der Waals surface area contributed by atoms with Gasteiger partial charge in [-0.05, 0) is 38.3 Å². The van der Waals surface area contributed by atoms with Crippen LogP contribution in [0.3, 0.4) is 0 Å². The molecule has 1 unspecified atom stereocenters. The van der Waals surface area contributed by atoms with E-state index in [0.29, 0.717) is 6.54 Å². The minimum Gasteiger partial charge on any atom is -0.360 e. The third-order valence-electron chi connectivity index (χ3n) is 4.20. The van der Waals surface area contributed by atoms with Crippen molar-refractivity contribution in [3.8, 4) is 0 Å². The number of hydrogen-bond donors (Lipinski definition) is 2. The zero-order valence-electron chi connectivity index (χ0n) is 15.0. The van der Waals surface area contributed by atoms with Gasteiger partial charge in [-0.15, -0.1) is 11.3 Å². The molecule has 2 N–H and O–H groups in total. The Morgan fingerprint density at radius 2 is 2.00 bits per heavy atom. The molecule has 1 aromatic heterocycles. The lowest BCUT2D eigenvalue weighted by molar-refractivity contribution is -0.122. The van der Waals surface area contributed by atoms with Crippen molar-refractivity contribution in [3.63, 3.8) is 0 Å². The van der Waals surface area contributed by atoms with Crippen LogP contribution in [0.1, 0.15) is 47.4 Å². The Balaban J connectivity index is 2.13. The van der Waals surface area contributed by atoms with Crippen LogP contribution in [0.25, 0.3) is 0 Å². The van der Waals surface area contributed by atoms with Crippen LogP contribution in [-0.2, 0) is 4.79 Å². The van der Waals surface area contributed by atoms with Gasteiger partial charge in [0.15, 0.2) is 5.13 Å². The average molecular weight is 346 g/mol. The number of rotatable bonds is 8. The van der Waals surface area contributed by atoms with E-state index in [0.717, 1.165) is 41.3 Å². The van der Waals surface area contributed by atoms with E-state index in [2.05, 4.69) is 42.5 Å². The van der Waals surface area contributed by atoms with Crippen LogP contribution in [-0.4, -0.2) is 24.0 Å². The van der Waals surface area contributed by atoms with Crippen molar-refractivity contribution >= 4 is 22.4 Å². The average Bonchev–Trinajstić information content (AvgIpc) is 2.88. The minimum atomic E-state index is -0.215. The number of nitrogens with zero attached hydrogens (tertiary/aromatic N) is 1. The van der Waals surface area contributed by atoms with Crippen molar-refractivity contribution in [1.29, 1.82) is 0 Å². The maximum atomic E-state index is 12.7. The molecule has 1 aromatic carbocycles. The number of aryl methyl sites for hydroxylation is 3. The summed E-state index contributed by atoms with van der Waals surface area (Å²) in [5.74, 6) is -0.136. The van der Waals surface area contributed by atoms with Gasteiger partial charge in [0.25, 0.3) is 0 Å². The molecule has 0 aliphatic heterocycles. The topological polar surface area (TPSA) is 54.0 Å². The Labute approximate surface area is 148 Å². The second kappa shape index (κ2) is 8.83. The van der Waals surface area contributed by atoms with Gasteiger partial charge in [0.2, 0.25) is 5.91 Å². The number of carbonyl (C=O) groups excluding carboxylic acids is 1. The van der Waals surface area contributed by atoms with E-state index in [9.17, 15) is 4.79 Å². The molecule has 2 aromatic rings. The summed E-state index contributed by atoms with van der Waals surface area (Å²) in [5, 5.41) is 7.30. The van der Waals surface area contributed by atoms with Gasteiger partial charge in [0.1, 0.15) is 0 Å². The Morgan fingerprint density at radius 1 is 1.25 bits per heavy atom. The van der Waals surface area contributed by atoms with Crippen LogP contribution in [0, 0.1) is 20.8 Å². The highest BCUT2D eigenvalue weighted by atomic mass is 32.1. The summed E-state index contributed by atoms with van der Waals surface area (Å²) in [6, 6.07) is 8.09. The number of carbonyl (C=O) groups is 1. The molecule has 130 valence electrons. The fourth-order valence-electron chi connectivity index (χ4n) is 2.57. The van der Waals surface area contributed by atoms with Crippen LogP contribution in [0.2, 0.25) is 0 Å². The van der Waals surface area contributed by atoms with Crippen LogP contribution in [0.4, 0.5) is 5.13 Å². The Kier molecular flexibility index (Phi) is 6.79. The zero-order valence-corrected chi connectivity index (χ0v) is 15.8. The molecule has 0 aliphatic carbocycles. The lowest BCUT2D eigenvalue weighted by Crippen LogP contribution is -2.34. The van der Waals surface area contributed by atoms with Crippen molar-refractivity contribution in [3.05, 3.63) is 46.0 Å². The highest BCUT2D eigenvalue weighted by Gasteiger charge is 2.22. The third kappa shape index (κ3) is 4.81. The molecule has 0 spiro atoms. The number of benzene rings is 1. The first kappa shape index (κ1) is 18.5. The van der Waals surface area contributed by atoms with Crippen LogP contribution < -0.4 is 10.6 Å². The first-order chi connectivity index (χ1) is 11.5. The molecule has 0 fully saturated rings. The van der Waals surface area contributed by atoms with E-state index >= 15 is 0 Å². The van der Waals surface area contributed by atoms with Crippen molar-refractivity contribution in [2.45, 2.75) is 46.5 Å². The molecule has 5 heteroatoms. The SMILES string of the molecule is CCCCNC(=O)C(CNc1nc(C)c(C)s1)c1ccccc1C. The molecular formula is C19H27N3OS. The number of hydrogen-bond acceptors (Lipinski definition) is 4. The largest absolute Gasteiger partial charge is 0.360 e. The van der Waals surface area contributed by atoms with Gasteiger partial charge >= 0.3 is 0 Å². The fourth-order valence-corrected chi connectivity index (χ4v) is 3.39. The molecule has 0 radical (unpaired) electrons. The quantitative estimate of drug-likeness (QED) is 0.706. The lowest BCUT2D eigenvalue weighted by atomic mass is 9.94. The van der Waals surface area contributed by atoms with E-state index in [1.165, 1.54) is 4.88 Å². The molecule has 24 heavy (non-hydrogen) atoms. The summed E-state index contributed by atoms with van der Waals surface area (Å²) in [7, 11) is 0.